The van der Waals surface area contributed by atoms with E-state index in [0.29, 0.717) is 18.4 Å². The van der Waals surface area contributed by atoms with Gasteiger partial charge in [-0.2, -0.15) is 0 Å². The lowest BCUT2D eigenvalue weighted by Gasteiger charge is -2.25. The van der Waals surface area contributed by atoms with Crippen molar-refractivity contribution in [3.8, 4) is 0 Å². The molecule has 156 valence electrons. The van der Waals surface area contributed by atoms with Crippen molar-refractivity contribution in [2.75, 3.05) is 25.9 Å². The van der Waals surface area contributed by atoms with Crippen molar-refractivity contribution < 1.29 is 12.8 Å². The average molecular weight is 520 g/mol. The molecule has 0 amide bonds. The Morgan fingerprint density at radius 3 is 2.71 bits per heavy atom. The number of nitrogens with one attached hydrogen (secondary N) is 3. The van der Waals surface area contributed by atoms with E-state index in [0.717, 1.165) is 29.6 Å². The Labute approximate surface area is 183 Å². The summed E-state index contributed by atoms with van der Waals surface area (Å²) >= 11 is 0. The Hall–Kier alpha value is -1.33. The minimum absolute atomic E-state index is 0. The molecule has 3 N–H and O–H groups in total. The minimum Gasteiger partial charge on any atom is -0.459 e. The Balaban J connectivity index is 0.00000280. The molecule has 2 aromatic rings. The number of sulfonamides is 1. The van der Waals surface area contributed by atoms with Crippen LogP contribution in [0.25, 0.3) is 11.0 Å². The molecule has 1 aliphatic carbocycles. The van der Waals surface area contributed by atoms with Crippen molar-refractivity contribution in [3.05, 3.63) is 36.1 Å². The van der Waals surface area contributed by atoms with E-state index in [1.54, 1.807) is 7.05 Å². The van der Waals surface area contributed by atoms with Gasteiger partial charge >= 0.3 is 0 Å². The van der Waals surface area contributed by atoms with E-state index in [1.165, 1.54) is 6.42 Å². The van der Waals surface area contributed by atoms with Gasteiger partial charge in [0.1, 0.15) is 11.3 Å². The summed E-state index contributed by atoms with van der Waals surface area (Å²) in [5, 5.41) is 7.33. The first kappa shape index (κ1) is 23.0. The fourth-order valence-corrected chi connectivity index (χ4v) is 4.01. The quantitative estimate of drug-likeness (QED) is 0.283. The van der Waals surface area contributed by atoms with Crippen LogP contribution in [0.15, 0.2) is 39.7 Å². The number of para-hydroxylation sites is 1. The van der Waals surface area contributed by atoms with Gasteiger partial charge in [0.15, 0.2) is 5.96 Å². The van der Waals surface area contributed by atoms with Gasteiger partial charge in [-0.05, 0) is 37.8 Å². The van der Waals surface area contributed by atoms with Crippen molar-refractivity contribution in [1.29, 1.82) is 0 Å². The second kappa shape index (κ2) is 10.4. The number of aliphatic imine (C=N–C) groups is 1. The highest BCUT2D eigenvalue weighted by Crippen LogP contribution is 2.25. The van der Waals surface area contributed by atoms with Gasteiger partial charge in [-0.15, -0.1) is 24.0 Å². The highest BCUT2D eigenvalue weighted by atomic mass is 127. The second-order valence-corrected chi connectivity index (χ2v) is 8.94. The van der Waals surface area contributed by atoms with Gasteiger partial charge in [0.05, 0.1) is 11.8 Å². The molecule has 3 rings (SSSR count). The maximum atomic E-state index is 12.1. The molecular weight excluding hydrogens is 491 g/mol. The van der Waals surface area contributed by atoms with E-state index in [4.69, 9.17) is 4.42 Å². The average Bonchev–Trinajstić information content (AvgIpc) is 3.03. The summed E-state index contributed by atoms with van der Waals surface area (Å²) in [6, 6.07) is 9.74. The Bertz CT molecular complexity index is 860. The molecule has 1 aromatic carbocycles. The van der Waals surface area contributed by atoms with Crippen molar-refractivity contribution in [1.82, 2.24) is 15.4 Å². The van der Waals surface area contributed by atoms with Crippen LogP contribution in [-0.2, 0) is 10.0 Å². The SMILES string of the molecule is CN=C(NCCS(=O)(=O)NCC1CCC1)NC(C)c1cc2ccccc2o1.I. The second-order valence-electron chi connectivity index (χ2n) is 7.02. The monoisotopic (exact) mass is 520 g/mol. The molecule has 0 radical (unpaired) electrons. The maximum absolute atomic E-state index is 12.1. The fraction of sp³-hybridized carbons (Fsp3) is 0.526. The van der Waals surface area contributed by atoms with Gasteiger partial charge in [0.2, 0.25) is 10.0 Å². The standard InChI is InChI=1S/C19H28N4O3S.HI/c1-14(18-12-16-8-3-4-9-17(16)26-18)23-19(20-2)21-10-11-27(24,25)22-13-15-6-5-7-15;/h3-4,8-9,12,14-15,22H,5-7,10-11,13H2,1-2H3,(H2,20,21,23);1H. The summed E-state index contributed by atoms with van der Waals surface area (Å²) in [6.45, 7) is 2.81. The zero-order chi connectivity index (χ0) is 19.3. The number of furan rings is 1. The molecule has 1 heterocycles. The number of hydrogen-bond donors (Lipinski definition) is 3. The summed E-state index contributed by atoms with van der Waals surface area (Å²) in [4.78, 5) is 4.16. The van der Waals surface area contributed by atoms with Crippen LogP contribution in [0.2, 0.25) is 0 Å². The molecule has 7 nitrogen and oxygen atoms in total. The molecule has 0 saturated heterocycles. The van der Waals surface area contributed by atoms with Gasteiger partial charge in [0.25, 0.3) is 0 Å². The lowest BCUT2D eigenvalue weighted by atomic mass is 9.86. The minimum atomic E-state index is -3.27. The van der Waals surface area contributed by atoms with Gasteiger partial charge in [0, 0.05) is 25.5 Å². The molecule has 0 bridgehead atoms. The van der Waals surface area contributed by atoms with Crippen LogP contribution in [0.1, 0.15) is 38.0 Å². The molecule has 1 aliphatic rings. The molecule has 0 spiro atoms. The van der Waals surface area contributed by atoms with E-state index in [1.807, 2.05) is 37.3 Å². The van der Waals surface area contributed by atoms with Crippen LogP contribution in [0.4, 0.5) is 0 Å². The number of guanidine groups is 1. The van der Waals surface area contributed by atoms with Crippen LogP contribution >= 0.6 is 24.0 Å². The van der Waals surface area contributed by atoms with Crippen molar-refractivity contribution in [2.45, 2.75) is 32.2 Å². The van der Waals surface area contributed by atoms with E-state index in [2.05, 4.69) is 20.3 Å². The van der Waals surface area contributed by atoms with Crippen molar-refractivity contribution in [2.24, 2.45) is 10.9 Å². The summed E-state index contributed by atoms with van der Waals surface area (Å²) in [5.74, 6) is 1.86. The highest BCUT2D eigenvalue weighted by molar-refractivity contribution is 14.0. The summed E-state index contributed by atoms with van der Waals surface area (Å²) in [5.41, 5.74) is 0.840. The lowest BCUT2D eigenvalue weighted by Crippen LogP contribution is -2.42. The Morgan fingerprint density at radius 2 is 2.07 bits per heavy atom. The molecular formula is C19H29IN4O3S. The van der Waals surface area contributed by atoms with E-state index in [9.17, 15) is 8.42 Å². The van der Waals surface area contributed by atoms with E-state index in [-0.39, 0.29) is 42.3 Å². The summed E-state index contributed by atoms with van der Waals surface area (Å²) < 4.78 is 32.7. The maximum Gasteiger partial charge on any atom is 0.213 e. The van der Waals surface area contributed by atoms with Crippen LogP contribution in [0.5, 0.6) is 0 Å². The third kappa shape index (κ3) is 6.35. The number of benzene rings is 1. The van der Waals surface area contributed by atoms with Crippen LogP contribution in [0.3, 0.4) is 0 Å². The topological polar surface area (TPSA) is 95.7 Å². The Kier molecular flexibility index (Phi) is 8.56. The number of rotatable bonds is 8. The molecule has 28 heavy (non-hydrogen) atoms. The number of nitrogens with zero attached hydrogens (tertiary/aromatic N) is 1. The largest absolute Gasteiger partial charge is 0.459 e. The van der Waals surface area contributed by atoms with Gasteiger partial charge in [-0.1, -0.05) is 24.6 Å². The molecule has 0 aliphatic heterocycles. The Morgan fingerprint density at radius 1 is 1.32 bits per heavy atom. The fourth-order valence-electron chi connectivity index (χ4n) is 3.00. The lowest BCUT2D eigenvalue weighted by molar-refractivity contribution is 0.316. The molecule has 1 fully saturated rings. The molecule has 1 aromatic heterocycles. The third-order valence-corrected chi connectivity index (χ3v) is 6.28. The summed E-state index contributed by atoms with van der Waals surface area (Å²) in [7, 11) is -1.61. The number of hydrogen-bond acceptors (Lipinski definition) is 4. The zero-order valence-corrected chi connectivity index (χ0v) is 19.4. The number of halogens is 1. The first-order valence-corrected chi connectivity index (χ1v) is 11.0. The third-order valence-electron chi connectivity index (χ3n) is 4.93. The van der Waals surface area contributed by atoms with Crippen LogP contribution in [-0.4, -0.2) is 40.3 Å². The predicted molar refractivity (Wildman–Crippen MR) is 124 cm³/mol. The van der Waals surface area contributed by atoms with Crippen molar-refractivity contribution >= 4 is 50.9 Å². The smallest absolute Gasteiger partial charge is 0.213 e. The zero-order valence-electron chi connectivity index (χ0n) is 16.3. The van der Waals surface area contributed by atoms with Gasteiger partial charge in [-0.25, -0.2) is 13.1 Å². The predicted octanol–water partition coefficient (Wildman–Crippen LogP) is 3.00. The highest BCUT2D eigenvalue weighted by Gasteiger charge is 2.20. The summed E-state index contributed by atoms with van der Waals surface area (Å²) in [6.07, 6.45) is 3.45. The van der Waals surface area contributed by atoms with E-state index < -0.39 is 10.0 Å². The van der Waals surface area contributed by atoms with Crippen molar-refractivity contribution in [3.63, 3.8) is 0 Å². The van der Waals surface area contributed by atoms with Gasteiger partial charge in [-0.3, -0.25) is 4.99 Å². The molecule has 1 atom stereocenters. The van der Waals surface area contributed by atoms with E-state index >= 15 is 0 Å². The molecule has 1 unspecified atom stereocenters. The first-order chi connectivity index (χ1) is 13.0. The number of fused-ring (bicyclic) bond motifs is 1. The molecule has 9 heteroatoms. The van der Waals surface area contributed by atoms with Gasteiger partial charge < -0.3 is 15.1 Å². The van der Waals surface area contributed by atoms with Crippen LogP contribution in [0, 0.1) is 5.92 Å². The van der Waals surface area contributed by atoms with Crippen LogP contribution < -0.4 is 15.4 Å². The normalized spacial score (nSPS) is 16.3. The first-order valence-electron chi connectivity index (χ1n) is 9.40. The molecule has 1 saturated carbocycles.